The number of nitrogens with one attached hydrogen (secondary N) is 1. The monoisotopic (exact) mass is 330 g/mol. The molecule has 0 spiro atoms. The molecule has 0 radical (unpaired) electrons. The molecule has 2 amide bonds. The lowest BCUT2D eigenvalue weighted by Gasteiger charge is -2.22. The van der Waals surface area contributed by atoms with Gasteiger partial charge in [-0.1, -0.05) is 23.7 Å². The molecule has 0 fully saturated rings. The second kappa shape index (κ2) is 7.21. The van der Waals surface area contributed by atoms with Crippen LogP contribution in [0, 0.1) is 11.3 Å². The zero-order valence-corrected chi connectivity index (χ0v) is 14.1. The number of halogens is 1. The maximum atomic E-state index is 12.3. The maximum absolute atomic E-state index is 12.3. The SMILES string of the molecule is C[C@H](NC(=O)N(C)Cc1cc(Cl)cn1C)c1cccc(C#N)c1. The molecule has 0 bridgehead atoms. The first kappa shape index (κ1) is 16.9. The molecule has 0 aliphatic rings. The van der Waals surface area contributed by atoms with Crippen LogP contribution in [0.5, 0.6) is 0 Å². The quantitative estimate of drug-likeness (QED) is 0.933. The average molecular weight is 331 g/mol. The minimum absolute atomic E-state index is 0.183. The highest BCUT2D eigenvalue weighted by atomic mass is 35.5. The van der Waals surface area contributed by atoms with Crippen LogP contribution in [-0.2, 0) is 13.6 Å². The van der Waals surface area contributed by atoms with E-state index in [0.29, 0.717) is 17.1 Å². The van der Waals surface area contributed by atoms with Gasteiger partial charge in [0.15, 0.2) is 0 Å². The molecule has 6 heteroatoms. The number of hydrogen-bond donors (Lipinski definition) is 1. The molecule has 0 aliphatic carbocycles. The third kappa shape index (κ3) is 4.27. The van der Waals surface area contributed by atoms with Crippen LogP contribution >= 0.6 is 11.6 Å². The van der Waals surface area contributed by atoms with Crippen molar-refractivity contribution in [2.45, 2.75) is 19.5 Å². The molecule has 1 aromatic carbocycles. The summed E-state index contributed by atoms with van der Waals surface area (Å²) in [5, 5.41) is 12.5. The Balaban J connectivity index is 2.00. The molecular formula is C17H19ClN4O. The largest absolute Gasteiger partial charge is 0.351 e. The smallest absolute Gasteiger partial charge is 0.317 e. The number of benzene rings is 1. The fraction of sp³-hybridized carbons (Fsp3) is 0.294. The summed E-state index contributed by atoms with van der Waals surface area (Å²) in [6.45, 7) is 2.35. The summed E-state index contributed by atoms with van der Waals surface area (Å²) >= 11 is 5.96. The summed E-state index contributed by atoms with van der Waals surface area (Å²) in [5.74, 6) is 0. The van der Waals surface area contributed by atoms with Crippen LogP contribution in [0.15, 0.2) is 36.5 Å². The minimum atomic E-state index is -0.185. The number of nitriles is 1. The van der Waals surface area contributed by atoms with E-state index in [9.17, 15) is 4.79 Å². The minimum Gasteiger partial charge on any atom is -0.351 e. The van der Waals surface area contributed by atoms with Gasteiger partial charge in [0, 0.05) is 26.0 Å². The summed E-state index contributed by atoms with van der Waals surface area (Å²) in [7, 11) is 3.62. The standard InChI is InChI=1S/C17H19ClN4O/c1-12(14-6-4-5-13(7-14)9-19)20-17(23)22(3)11-16-8-15(18)10-21(16)2/h4-8,10,12H,11H2,1-3H3,(H,20,23)/t12-/m0/s1. The zero-order valence-electron chi connectivity index (χ0n) is 13.4. The predicted molar refractivity (Wildman–Crippen MR) is 90.0 cm³/mol. The number of carbonyl (C=O) groups excluding carboxylic acids is 1. The molecule has 1 heterocycles. The molecular weight excluding hydrogens is 312 g/mol. The highest BCUT2D eigenvalue weighted by Gasteiger charge is 2.15. The number of aryl methyl sites for hydroxylation is 1. The van der Waals surface area contributed by atoms with E-state index in [1.54, 1.807) is 30.3 Å². The topological polar surface area (TPSA) is 61.1 Å². The van der Waals surface area contributed by atoms with Gasteiger partial charge >= 0.3 is 6.03 Å². The van der Waals surface area contributed by atoms with Gasteiger partial charge in [-0.15, -0.1) is 0 Å². The van der Waals surface area contributed by atoms with E-state index in [4.69, 9.17) is 16.9 Å². The second-order valence-corrected chi connectivity index (χ2v) is 5.96. The molecule has 5 nitrogen and oxygen atoms in total. The molecule has 0 aliphatic heterocycles. The van der Waals surface area contributed by atoms with Crippen molar-refractivity contribution >= 4 is 17.6 Å². The molecule has 0 saturated carbocycles. The van der Waals surface area contributed by atoms with Gasteiger partial charge in [-0.05, 0) is 30.7 Å². The van der Waals surface area contributed by atoms with E-state index in [1.807, 2.05) is 36.7 Å². The Morgan fingerprint density at radius 3 is 2.83 bits per heavy atom. The van der Waals surface area contributed by atoms with E-state index >= 15 is 0 Å². The van der Waals surface area contributed by atoms with Gasteiger partial charge in [0.25, 0.3) is 0 Å². The molecule has 1 aromatic heterocycles. The highest BCUT2D eigenvalue weighted by molar-refractivity contribution is 6.30. The summed E-state index contributed by atoms with van der Waals surface area (Å²) in [6, 6.07) is 10.8. The van der Waals surface area contributed by atoms with E-state index in [1.165, 1.54) is 0 Å². The lowest BCUT2D eigenvalue weighted by atomic mass is 10.1. The molecule has 0 unspecified atom stereocenters. The van der Waals surface area contributed by atoms with Crippen LogP contribution in [0.2, 0.25) is 5.02 Å². The molecule has 120 valence electrons. The third-order valence-electron chi connectivity index (χ3n) is 3.68. The van der Waals surface area contributed by atoms with Gasteiger partial charge in [-0.2, -0.15) is 5.26 Å². The first-order valence-corrected chi connectivity index (χ1v) is 7.61. The number of rotatable bonds is 4. The fourth-order valence-electron chi connectivity index (χ4n) is 2.29. The lowest BCUT2D eigenvalue weighted by Crippen LogP contribution is -2.38. The molecule has 0 saturated heterocycles. The molecule has 23 heavy (non-hydrogen) atoms. The maximum Gasteiger partial charge on any atom is 0.317 e. The summed E-state index contributed by atoms with van der Waals surface area (Å²) < 4.78 is 1.89. The predicted octanol–water partition coefficient (Wildman–Crippen LogP) is 3.45. The number of nitrogens with zero attached hydrogens (tertiary/aromatic N) is 3. The van der Waals surface area contributed by atoms with Crippen LogP contribution in [0.3, 0.4) is 0 Å². The van der Waals surface area contributed by atoms with Crippen molar-refractivity contribution in [2.75, 3.05) is 7.05 Å². The van der Waals surface area contributed by atoms with E-state index in [2.05, 4.69) is 11.4 Å². The first-order valence-electron chi connectivity index (χ1n) is 7.23. The van der Waals surface area contributed by atoms with Crippen LogP contribution in [0.4, 0.5) is 4.79 Å². The van der Waals surface area contributed by atoms with Crippen molar-refractivity contribution in [3.63, 3.8) is 0 Å². The van der Waals surface area contributed by atoms with Crippen molar-refractivity contribution in [1.82, 2.24) is 14.8 Å². The Kier molecular flexibility index (Phi) is 5.30. The average Bonchev–Trinajstić information content (AvgIpc) is 2.84. The lowest BCUT2D eigenvalue weighted by molar-refractivity contribution is 0.202. The van der Waals surface area contributed by atoms with Crippen molar-refractivity contribution in [3.8, 4) is 6.07 Å². The number of carbonyl (C=O) groups is 1. The Labute approximate surface area is 141 Å². The van der Waals surface area contributed by atoms with Crippen LogP contribution in [0.1, 0.15) is 29.8 Å². The number of hydrogen-bond acceptors (Lipinski definition) is 2. The Bertz CT molecular complexity index is 747. The van der Waals surface area contributed by atoms with Crippen LogP contribution in [0.25, 0.3) is 0 Å². The van der Waals surface area contributed by atoms with Gasteiger partial charge in [-0.25, -0.2) is 4.79 Å². The van der Waals surface area contributed by atoms with Crippen LogP contribution < -0.4 is 5.32 Å². The summed E-state index contributed by atoms with van der Waals surface area (Å²) in [4.78, 5) is 13.9. The molecule has 2 aromatic rings. The number of amides is 2. The van der Waals surface area contributed by atoms with E-state index in [-0.39, 0.29) is 12.1 Å². The summed E-state index contributed by atoms with van der Waals surface area (Å²) in [5.41, 5.74) is 2.43. The normalized spacial score (nSPS) is 11.6. The summed E-state index contributed by atoms with van der Waals surface area (Å²) in [6.07, 6.45) is 1.80. The van der Waals surface area contributed by atoms with Gasteiger partial charge in [-0.3, -0.25) is 0 Å². The van der Waals surface area contributed by atoms with Crippen molar-refractivity contribution in [1.29, 1.82) is 5.26 Å². The third-order valence-corrected chi connectivity index (χ3v) is 3.88. The van der Waals surface area contributed by atoms with Crippen molar-refractivity contribution in [3.05, 3.63) is 58.4 Å². The van der Waals surface area contributed by atoms with Crippen LogP contribution in [-0.4, -0.2) is 22.5 Å². The second-order valence-electron chi connectivity index (χ2n) is 5.53. The van der Waals surface area contributed by atoms with E-state index < -0.39 is 0 Å². The highest BCUT2D eigenvalue weighted by Crippen LogP contribution is 2.16. The molecule has 2 rings (SSSR count). The number of aromatic nitrogens is 1. The van der Waals surface area contributed by atoms with Gasteiger partial charge in [0.05, 0.1) is 29.2 Å². The van der Waals surface area contributed by atoms with Crippen molar-refractivity contribution < 1.29 is 4.79 Å². The Morgan fingerprint density at radius 1 is 1.48 bits per heavy atom. The Morgan fingerprint density at radius 2 is 2.22 bits per heavy atom. The first-order chi connectivity index (χ1) is 10.9. The fourth-order valence-corrected chi connectivity index (χ4v) is 2.57. The van der Waals surface area contributed by atoms with Gasteiger partial charge < -0.3 is 14.8 Å². The Hall–Kier alpha value is -2.45. The molecule has 1 atom stereocenters. The van der Waals surface area contributed by atoms with Crippen molar-refractivity contribution in [2.24, 2.45) is 7.05 Å². The van der Waals surface area contributed by atoms with E-state index in [0.717, 1.165) is 11.3 Å². The van der Waals surface area contributed by atoms with Gasteiger partial charge in [0.2, 0.25) is 0 Å². The number of urea groups is 1. The zero-order chi connectivity index (χ0) is 17.0. The molecule has 1 N–H and O–H groups in total. The van der Waals surface area contributed by atoms with Gasteiger partial charge in [0.1, 0.15) is 0 Å².